The van der Waals surface area contributed by atoms with Gasteiger partial charge >= 0.3 is 5.97 Å². The zero-order valence-electron chi connectivity index (χ0n) is 8.24. The standard InChI is InChI=1S/C11H12O2.ClH/c1-3-9-10-7(2)5-4-6-8(10)11(12)13-9;/h4-6,9H,3H2,1-2H3;1H. The predicted molar refractivity (Wildman–Crippen MR) is 56.9 cm³/mol. The van der Waals surface area contributed by atoms with E-state index in [4.69, 9.17) is 4.74 Å². The third-order valence-corrected chi connectivity index (χ3v) is 2.49. The van der Waals surface area contributed by atoms with Crippen molar-refractivity contribution in [2.45, 2.75) is 26.4 Å². The van der Waals surface area contributed by atoms with Gasteiger partial charge in [0.15, 0.2) is 0 Å². The topological polar surface area (TPSA) is 26.3 Å². The molecule has 14 heavy (non-hydrogen) atoms. The lowest BCUT2D eigenvalue weighted by molar-refractivity contribution is 0.0378. The fourth-order valence-electron chi connectivity index (χ4n) is 1.83. The second-order valence-corrected chi connectivity index (χ2v) is 3.34. The van der Waals surface area contributed by atoms with Gasteiger partial charge in [0.25, 0.3) is 0 Å². The van der Waals surface area contributed by atoms with Crippen LogP contribution < -0.4 is 0 Å². The van der Waals surface area contributed by atoms with E-state index in [1.165, 1.54) is 0 Å². The van der Waals surface area contributed by atoms with Crippen molar-refractivity contribution in [2.75, 3.05) is 0 Å². The highest BCUT2D eigenvalue weighted by molar-refractivity contribution is 5.94. The van der Waals surface area contributed by atoms with Crippen molar-refractivity contribution in [2.24, 2.45) is 0 Å². The zero-order valence-corrected chi connectivity index (χ0v) is 9.06. The zero-order chi connectivity index (χ0) is 9.42. The van der Waals surface area contributed by atoms with E-state index in [9.17, 15) is 4.79 Å². The lowest BCUT2D eigenvalue weighted by Crippen LogP contribution is -1.96. The molecule has 0 spiro atoms. The Bertz CT molecular complexity index is 360. The number of ether oxygens (including phenoxy) is 1. The van der Waals surface area contributed by atoms with Gasteiger partial charge in [-0.15, -0.1) is 12.4 Å². The van der Waals surface area contributed by atoms with Crippen LogP contribution in [0.15, 0.2) is 18.2 Å². The first-order chi connectivity index (χ1) is 6.24. The Morgan fingerprint density at radius 2 is 2.14 bits per heavy atom. The van der Waals surface area contributed by atoms with Crippen LogP contribution in [0, 0.1) is 6.92 Å². The summed E-state index contributed by atoms with van der Waals surface area (Å²) in [6, 6.07) is 5.75. The molecule has 2 nitrogen and oxygen atoms in total. The largest absolute Gasteiger partial charge is 0.454 e. The lowest BCUT2D eigenvalue weighted by Gasteiger charge is -2.08. The summed E-state index contributed by atoms with van der Waals surface area (Å²) < 4.78 is 5.22. The summed E-state index contributed by atoms with van der Waals surface area (Å²) in [4.78, 5) is 11.4. The maximum absolute atomic E-state index is 11.4. The van der Waals surface area contributed by atoms with Gasteiger partial charge in [-0.25, -0.2) is 4.79 Å². The molecule has 0 bridgehead atoms. The third-order valence-electron chi connectivity index (χ3n) is 2.49. The Hall–Kier alpha value is -1.02. The van der Waals surface area contributed by atoms with Crippen molar-refractivity contribution in [3.05, 3.63) is 34.9 Å². The average Bonchev–Trinajstić information content (AvgIpc) is 2.45. The Kier molecular flexibility index (Phi) is 3.17. The van der Waals surface area contributed by atoms with Crippen LogP contribution in [0.2, 0.25) is 0 Å². The molecule has 1 aromatic rings. The Morgan fingerprint density at radius 3 is 2.79 bits per heavy atom. The highest BCUT2D eigenvalue weighted by Gasteiger charge is 2.30. The van der Waals surface area contributed by atoms with E-state index in [-0.39, 0.29) is 24.5 Å². The van der Waals surface area contributed by atoms with E-state index in [0.717, 1.165) is 23.1 Å². The number of carbonyl (C=O) groups is 1. The number of benzene rings is 1. The second kappa shape index (κ2) is 4.01. The van der Waals surface area contributed by atoms with Gasteiger partial charge in [-0.3, -0.25) is 0 Å². The molecule has 0 aromatic heterocycles. The quantitative estimate of drug-likeness (QED) is 0.669. The van der Waals surface area contributed by atoms with Crippen LogP contribution >= 0.6 is 12.4 Å². The highest BCUT2D eigenvalue weighted by Crippen LogP contribution is 2.34. The highest BCUT2D eigenvalue weighted by atomic mass is 35.5. The molecule has 0 saturated carbocycles. The number of cyclic esters (lactones) is 1. The maximum Gasteiger partial charge on any atom is 0.339 e. The summed E-state index contributed by atoms with van der Waals surface area (Å²) >= 11 is 0. The van der Waals surface area contributed by atoms with Crippen molar-refractivity contribution in [1.29, 1.82) is 0 Å². The SMILES string of the molecule is CCC1OC(=O)c2cccc(C)c21.Cl. The monoisotopic (exact) mass is 212 g/mol. The molecule has 0 aliphatic carbocycles. The summed E-state index contributed by atoms with van der Waals surface area (Å²) in [5, 5.41) is 0. The van der Waals surface area contributed by atoms with Crippen LogP contribution in [0.25, 0.3) is 0 Å². The Balaban J connectivity index is 0.000000980. The molecule has 0 radical (unpaired) electrons. The van der Waals surface area contributed by atoms with Crippen LogP contribution in [0.4, 0.5) is 0 Å². The smallest absolute Gasteiger partial charge is 0.339 e. The van der Waals surface area contributed by atoms with Crippen molar-refractivity contribution in [1.82, 2.24) is 0 Å². The van der Waals surface area contributed by atoms with Gasteiger partial charge in [-0.2, -0.15) is 0 Å². The Labute approximate surface area is 89.7 Å². The molecule has 1 unspecified atom stereocenters. The third kappa shape index (κ3) is 1.50. The van der Waals surface area contributed by atoms with E-state index in [0.29, 0.717) is 0 Å². The second-order valence-electron chi connectivity index (χ2n) is 3.34. The van der Waals surface area contributed by atoms with E-state index in [1.54, 1.807) is 0 Å². The molecule has 2 rings (SSSR count). The molecule has 3 heteroatoms. The Morgan fingerprint density at radius 1 is 1.43 bits per heavy atom. The first kappa shape index (κ1) is 11.1. The number of fused-ring (bicyclic) bond motifs is 1. The fourth-order valence-corrected chi connectivity index (χ4v) is 1.83. The number of aryl methyl sites for hydroxylation is 1. The molecule has 0 fully saturated rings. The van der Waals surface area contributed by atoms with Gasteiger partial charge in [0.2, 0.25) is 0 Å². The maximum atomic E-state index is 11.4. The van der Waals surface area contributed by atoms with Crippen LogP contribution in [0.1, 0.15) is 40.9 Å². The molecular formula is C11H13ClO2. The van der Waals surface area contributed by atoms with Crippen molar-refractivity contribution >= 4 is 18.4 Å². The molecule has 1 aliphatic rings. The minimum Gasteiger partial charge on any atom is -0.454 e. The summed E-state index contributed by atoms with van der Waals surface area (Å²) in [6.45, 7) is 4.04. The van der Waals surface area contributed by atoms with Gasteiger partial charge in [0.1, 0.15) is 6.10 Å². The molecule has 1 atom stereocenters. The van der Waals surface area contributed by atoms with Crippen molar-refractivity contribution in [3.63, 3.8) is 0 Å². The predicted octanol–water partition coefficient (Wildman–Crippen LogP) is 3.04. The summed E-state index contributed by atoms with van der Waals surface area (Å²) in [5.74, 6) is -0.175. The molecule has 1 aliphatic heterocycles. The molecule has 0 N–H and O–H groups in total. The van der Waals surface area contributed by atoms with E-state index >= 15 is 0 Å². The molecule has 0 saturated heterocycles. The number of hydrogen-bond donors (Lipinski definition) is 0. The normalized spacial score (nSPS) is 18.4. The number of carbonyl (C=O) groups excluding carboxylic acids is 1. The van der Waals surface area contributed by atoms with Gasteiger partial charge in [-0.1, -0.05) is 19.1 Å². The molecule has 1 aromatic carbocycles. The number of halogens is 1. The lowest BCUT2D eigenvalue weighted by atomic mass is 9.98. The molecule has 76 valence electrons. The van der Waals surface area contributed by atoms with Crippen LogP contribution in [0.5, 0.6) is 0 Å². The summed E-state index contributed by atoms with van der Waals surface area (Å²) in [7, 11) is 0. The van der Waals surface area contributed by atoms with E-state index in [2.05, 4.69) is 0 Å². The number of hydrogen-bond acceptors (Lipinski definition) is 2. The molecule has 1 heterocycles. The molecular weight excluding hydrogens is 200 g/mol. The fraction of sp³-hybridized carbons (Fsp3) is 0.364. The van der Waals surface area contributed by atoms with Gasteiger partial charge < -0.3 is 4.74 Å². The molecule has 0 amide bonds. The van der Waals surface area contributed by atoms with Crippen LogP contribution in [0.3, 0.4) is 0 Å². The first-order valence-electron chi connectivity index (χ1n) is 4.54. The summed E-state index contributed by atoms with van der Waals surface area (Å²) in [6.07, 6.45) is 0.826. The van der Waals surface area contributed by atoms with E-state index in [1.807, 2.05) is 32.0 Å². The van der Waals surface area contributed by atoms with Gasteiger partial charge in [0.05, 0.1) is 5.56 Å². The summed E-state index contributed by atoms with van der Waals surface area (Å²) in [5.41, 5.74) is 2.97. The van der Waals surface area contributed by atoms with Crippen LogP contribution in [-0.2, 0) is 4.74 Å². The minimum absolute atomic E-state index is 0. The van der Waals surface area contributed by atoms with E-state index < -0.39 is 0 Å². The number of esters is 1. The van der Waals surface area contributed by atoms with Gasteiger partial charge in [-0.05, 0) is 25.0 Å². The van der Waals surface area contributed by atoms with Gasteiger partial charge in [0, 0.05) is 5.56 Å². The minimum atomic E-state index is -0.175. The van der Waals surface area contributed by atoms with Crippen molar-refractivity contribution in [3.8, 4) is 0 Å². The van der Waals surface area contributed by atoms with Crippen molar-refractivity contribution < 1.29 is 9.53 Å². The average molecular weight is 213 g/mol. The van der Waals surface area contributed by atoms with Crippen LogP contribution in [-0.4, -0.2) is 5.97 Å². The first-order valence-corrected chi connectivity index (χ1v) is 4.54. The number of rotatable bonds is 1.